The fourth-order valence-corrected chi connectivity index (χ4v) is 8.33. The van der Waals surface area contributed by atoms with Gasteiger partial charge in [0.15, 0.2) is 0 Å². The van der Waals surface area contributed by atoms with Gasteiger partial charge in [-0.2, -0.15) is 0 Å². The lowest BCUT2D eigenvalue weighted by atomic mass is 10.1. The van der Waals surface area contributed by atoms with Crippen LogP contribution in [-0.2, 0) is 28.4 Å². The van der Waals surface area contributed by atoms with E-state index in [-0.39, 0.29) is 19.6 Å². The first-order chi connectivity index (χ1) is 29.9. The molecule has 0 spiro atoms. The van der Waals surface area contributed by atoms with E-state index in [9.17, 15) is 19.2 Å². The molecule has 318 valence electrons. The van der Waals surface area contributed by atoms with Gasteiger partial charge in [0.25, 0.3) is 0 Å². The van der Waals surface area contributed by atoms with E-state index < -0.39 is 60.5 Å². The quantitative estimate of drug-likeness (QED) is 0.0811. The van der Waals surface area contributed by atoms with Crippen LogP contribution >= 0.6 is 11.3 Å². The Hall–Kier alpha value is -6.34. The number of ether oxygens (including phenoxy) is 6. The highest BCUT2D eigenvalue weighted by molar-refractivity contribution is 7.15. The van der Waals surface area contributed by atoms with Crippen LogP contribution in [0.1, 0.15) is 99.4 Å². The molecule has 2 fully saturated rings. The van der Waals surface area contributed by atoms with Gasteiger partial charge in [-0.05, 0) is 100 Å². The van der Waals surface area contributed by atoms with Crippen LogP contribution in [0.5, 0.6) is 0 Å². The number of carbonyl (C=O) groups is 4. The van der Waals surface area contributed by atoms with Gasteiger partial charge >= 0.3 is 23.9 Å². The maximum atomic E-state index is 13.2. The molecule has 8 rings (SSSR count). The summed E-state index contributed by atoms with van der Waals surface area (Å²) < 4.78 is 42.5. The first kappa shape index (κ1) is 42.4. The van der Waals surface area contributed by atoms with E-state index in [1.165, 1.54) is 11.3 Å². The lowest BCUT2D eigenvalue weighted by molar-refractivity contribution is -0.0457. The van der Waals surface area contributed by atoms with E-state index >= 15 is 0 Å². The summed E-state index contributed by atoms with van der Waals surface area (Å²) in [5.41, 5.74) is 5.71. The van der Waals surface area contributed by atoms with Crippen molar-refractivity contribution in [2.45, 2.75) is 77.2 Å². The first-order valence-electron chi connectivity index (χ1n) is 20.5. The largest absolute Gasteiger partial charge is 0.459 e. The zero-order chi connectivity index (χ0) is 43.3. The maximum Gasteiger partial charge on any atom is 0.338 e. The van der Waals surface area contributed by atoms with E-state index in [2.05, 4.69) is 0 Å². The molecule has 62 heavy (non-hydrogen) atoms. The fraction of sp³-hybridized carbons (Fsp3) is 0.280. The molecule has 12 heteroatoms. The molecule has 6 aromatic rings. The van der Waals surface area contributed by atoms with Crippen LogP contribution in [0.2, 0.25) is 0 Å². The van der Waals surface area contributed by atoms with Gasteiger partial charge in [0.1, 0.15) is 55.3 Å². The predicted molar refractivity (Wildman–Crippen MR) is 230 cm³/mol. The van der Waals surface area contributed by atoms with Crippen LogP contribution in [0.25, 0.3) is 10.6 Å². The van der Waals surface area contributed by atoms with Gasteiger partial charge in [-0.1, -0.05) is 70.8 Å². The van der Waals surface area contributed by atoms with Gasteiger partial charge in [0.2, 0.25) is 0 Å². The number of esters is 4. The molecule has 0 radical (unpaired) electrons. The van der Waals surface area contributed by atoms with Crippen molar-refractivity contribution in [1.82, 2.24) is 0 Å². The van der Waals surface area contributed by atoms with E-state index in [1.54, 1.807) is 48.5 Å². The van der Waals surface area contributed by atoms with Crippen molar-refractivity contribution in [1.29, 1.82) is 0 Å². The first-order valence-corrected chi connectivity index (χ1v) is 21.3. The van der Waals surface area contributed by atoms with Crippen molar-refractivity contribution in [2.75, 3.05) is 13.2 Å². The smallest absolute Gasteiger partial charge is 0.338 e. The average Bonchev–Trinajstić information content (AvgIpc) is 4.10. The minimum atomic E-state index is -0.748. The van der Waals surface area contributed by atoms with E-state index in [1.807, 2.05) is 100 Å². The third-order valence-electron chi connectivity index (χ3n) is 11.0. The summed E-state index contributed by atoms with van der Waals surface area (Å²) >= 11 is 1.47. The van der Waals surface area contributed by atoms with E-state index in [0.29, 0.717) is 40.2 Å². The highest BCUT2D eigenvalue weighted by Gasteiger charge is 2.42. The number of benzene rings is 4. The van der Waals surface area contributed by atoms with E-state index in [4.69, 9.17) is 32.8 Å². The monoisotopic (exact) mass is 854 g/mol. The van der Waals surface area contributed by atoms with Crippen molar-refractivity contribution in [3.63, 3.8) is 0 Å². The van der Waals surface area contributed by atoms with Crippen LogP contribution in [0.15, 0.2) is 126 Å². The van der Waals surface area contributed by atoms with Gasteiger partial charge in [0.05, 0.1) is 33.2 Å². The van der Waals surface area contributed by atoms with Crippen molar-refractivity contribution < 1.29 is 52.0 Å². The van der Waals surface area contributed by atoms with Crippen molar-refractivity contribution in [2.24, 2.45) is 0 Å². The zero-order valence-corrected chi connectivity index (χ0v) is 35.6. The Kier molecular flexibility index (Phi) is 12.8. The number of rotatable bonds is 13. The maximum absolute atomic E-state index is 13.2. The highest BCUT2D eigenvalue weighted by atomic mass is 32.1. The van der Waals surface area contributed by atoms with Crippen LogP contribution in [0.3, 0.4) is 0 Å². The van der Waals surface area contributed by atoms with Gasteiger partial charge < -0.3 is 32.8 Å². The number of furan rings is 1. The summed E-state index contributed by atoms with van der Waals surface area (Å²) in [7, 11) is 0. The normalized spacial score (nSPS) is 20.7. The summed E-state index contributed by atoms with van der Waals surface area (Å²) in [6, 6.07) is 35.9. The van der Waals surface area contributed by atoms with Crippen molar-refractivity contribution in [3.05, 3.63) is 176 Å². The van der Waals surface area contributed by atoms with Crippen LogP contribution < -0.4 is 0 Å². The average molecular weight is 855 g/mol. The molecular formula is C50H46O11S. The Morgan fingerprint density at radius 2 is 0.903 bits per heavy atom. The molecule has 4 heterocycles. The summed E-state index contributed by atoms with van der Waals surface area (Å²) in [4.78, 5) is 54.0. The molecule has 2 aromatic heterocycles. The molecule has 0 saturated carbocycles. The fourth-order valence-electron chi connectivity index (χ4n) is 7.31. The lowest BCUT2D eigenvalue weighted by Gasteiger charge is -2.19. The Labute approximate surface area is 363 Å². The molecule has 2 saturated heterocycles. The molecule has 0 aliphatic carbocycles. The van der Waals surface area contributed by atoms with Crippen LogP contribution in [0.4, 0.5) is 0 Å². The molecule has 6 atom stereocenters. The Morgan fingerprint density at radius 3 is 1.35 bits per heavy atom. The third kappa shape index (κ3) is 10.1. The SMILES string of the molecule is Cc1ccc(C(=O)OC[C@H]2O[C@@H](c3ccc(-c4ccc([C@H]5C[C@H](OC(=O)c6ccc(C)cc6)[C@@H](COC(=O)c6ccc(C)cc6)O5)s4)o3)C[C@@H]2OC(=O)c2ccc(C)cc2)cc1. The van der Waals surface area contributed by atoms with Crippen LogP contribution in [0, 0.1) is 27.7 Å². The number of aryl methyl sites for hydroxylation is 4. The molecule has 2 aliphatic rings. The minimum absolute atomic E-state index is 0.107. The second-order valence-corrected chi connectivity index (χ2v) is 16.9. The summed E-state index contributed by atoms with van der Waals surface area (Å²) in [5, 5.41) is 0. The number of carbonyl (C=O) groups excluding carboxylic acids is 4. The van der Waals surface area contributed by atoms with E-state index in [0.717, 1.165) is 32.0 Å². The summed E-state index contributed by atoms with van der Waals surface area (Å²) in [6.07, 6.45) is -3.28. The summed E-state index contributed by atoms with van der Waals surface area (Å²) in [6.45, 7) is 7.51. The topological polar surface area (TPSA) is 137 Å². The Morgan fingerprint density at radius 1 is 0.500 bits per heavy atom. The van der Waals surface area contributed by atoms with Gasteiger partial charge in [-0.25, -0.2) is 19.2 Å². The third-order valence-corrected chi connectivity index (χ3v) is 12.1. The molecular weight excluding hydrogens is 809 g/mol. The predicted octanol–water partition coefficient (Wildman–Crippen LogP) is 10.1. The number of hydrogen-bond donors (Lipinski definition) is 0. The molecule has 0 bridgehead atoms. The van der Waals surface area contributed by atoms with Crippen molar-refractivity contribution in [3.8, 4) is 10.6 Å². The van der Waals surface area contributed by atoms with Gasteiger partial charge in [0, 0.05) is 17.7 Å². The minimum Gasteiger partial charge on any atom is -0.459 e. The summed E-state index contributed by atoms with van der Waals surface area (Å²) in [5.74, 6) is -0.888. The van der Waals surface area contributed by atoms with Crippen molar-refractivity contribution >= 4 is 35.2 Å². The molecule has 4 aromatic carbocycles. The molecule has 0 N–H and O–H groups in total. The molecule has 0 unspecified atom stereocenters. The zero-order valence-electron chi connectivity index (χ0n) is 34.7. The standard InChI is InChI=1S/C50H46O11S/c1-29-5-13-33(14-6-29)47(51)55-27-43-40(60-49(53)35-17-9-31(3)10-18-35)25-39(58-43)37-21-22-38(57-37)45-23-24-46(62-45)42-26-41(61-50(54)36-19-11-32(4)12-20-36)44(59-42)28-56-48(52)34-15-7-30(2)8-16-34/h5-24,39-44H,25-28H2,1-4H3/t39-,40+,41+,42-,43-,44-/m1/s1. The van der Waals surface area contributed by atoms with Gasteiger partial charge in [-0.15, -0.1) is 11.3 Å². The Bertz CT molecular complexity index is 2340. The number of hydrogen-bond acceptors (Lipinski definition) is 12. The second kappa shape index (κ2) is 18.7. The highest BCUT2D eigenvalue weighted by Crippen LogP contribution is 2.43. The second-order valence-electron chi connectivity index (χ2n) is 15.8. The Balaban J connectivity index is 0.953. The lowest BCUT2D eigenvalue weighted by Crippen LogP contribution is -2.32. The molecule has 2 aliphatic heterocycles. The van der Waals surface area contributed by atoms with Gasteiger partial charge in [-0.3, -0.25) is 0 Å². The molecule has 0 amide bonds. The number of thiophene rings is 1. The molecule has 11 nitrogen and oxygen atoms in total. The van der Waals surface area contributed by atoms with Crippen LogP contribution in [-0.4, -0.2) is 61.5 Å².